The molecule has 0 amide bonds. The van der Waals surface area contributed by atoms with Crippen LogP contribution in [0.4, 0.5) is 5.95 Å². The zero-order valence-electron chi connectivity index (χ0n) is 11.1. The average molecular weight is 404 g/mol. The van der Waals surface area contributed by atoms with Crippen molar-refractivity contribution in [2.75, 3.05) is 5.43 Å². The van der Waals surface area contributed by atoms with Crippen molar-refractivity contribution in [3.8, 4) is 0 Å². The lowest BCUT2D eigenvalue weighted by molar-refractivity contribution is 0.531. The van der Waals surface area contributed by atoms with Crippen LogP contribution in [0.2, 0.25) is 0 Å². The highest BCUT2D eigenvalue weighted by atomic mass is 127. The molecule has 7 nitrogen and oxygen atoms in total. The molecule has 0 fully saturated rings. The van der Waals surface area contributed by atoms with Crippen LogP contribution < -0.4 is 5.43 Å². The summed E-state index contributed by atoms with van der Waals surface area (Å²) in [4.78, 5) is 7.57. The lowest BCUT2D eigenvalue weighted by atomic mass is 10.2. The molecule has 0 unspecified atom stereocenters. The van der Waals surface area contributed by atoms with Crippen molar-refractivity contribution in [1.82, 2.24) is 20.2 Å². The van der Waals surface area contributed by atoms with Gasteiger partial charge in [-0.25, -0.2) is 5.43 Å². The number of H-pyrrole nitrogens is 1. The number of benzene rings is 1. The van der Waals surface area contributed by atoms with Crippen molar-refractivity contribution in [1.29, 1.82) is 0 Å². The zero-order valence-corrected chi connectivity index (χ0v) is 13.3. The molecule has 4 aromatic rings. The summed E-state index contributed by atoms with van der Waals surface area (Å²) in [6.07, 6.45) is 1.56. The first-order valence-corrected chi connectivity index (χ1v) is 7.53. The Bertz CT molecular complexity index is 989. The monoisotopic (exact) mass is 404 g/mol. The maximum absolute atomic E-state index is 5.37. The van der Waals surface area contributed by atoms with Gasteiger partial charge in [0.05, 0.1) is 6.21 Å². The zero-order chi connectivity index (χ0) is 14.9. The fraction of sp³-hybridized carbons (Fsp3) is 0. The van der Waals surface area contributed by atoms with Gasteiger partial charge in [-0.3, -0.25) is 0 Å². The van der Waals surface area contributed by atoms with Crippen LogP contribution in [0.5, 0.6) is 0 Å². The van der Waals surface area contributed by atoms with Crippen molar-refractivity contribution in [3.63, 3.8) is 0 Å². The first-order valence-electron chi connectivity index (χ1n) is 6.45. The predicted octanol–water partition coefficient (Wildman–Crippen LogP) is 3.15. The van der Waals surface area contributed by atoms with Crippen LogP contribution in [-0.2, 0) is 0 Å². The molecule has 3 aromatic heterocycles. The number of fused-ring (bicyclic) bond motifs is 3. The largest absolute Gasteiger partial charge is 0.449 e. The molecule has 0 bridgehead atoms. The SMILES string of the molecule is Ic1ccc(/C=N/Nc2nnc3c(n2)[nH]c2ccccc23)o1. The summed E-state index contributed by atoms with van der Waals surface area (Å²) in [5, 5.41) is 13.3. The minimum atomic E-state index is 0.316. The maximum Gasteiger partial charge on any atom is 0.265 e. The molecular weight excluding hydrogens is 395 g/mol. The molecule has 0 aliphatic rings. The number of hydrogen-bond acceptors (Lipinski definition) is 6. The highest BCUT2D eigenvalue weighted by Gasteiger charge is 2.07. The molecule has 2 N–H and O–H groups in total. The predicted molar refractivity (Wildman–Crippen MR) is 91.8 cm³/mol. The van der Waals surface area contributed by atoms with Gasteiger partial charge in [0.15, 0.2) is 9.41 Å². The number of aromatic nitrogens is 4. The number of halogens is 1. The van der Waals surface area contributed by atoms with Crippen LogP contribution in [-0.4, -0.2) is 26.4 Å². The summed E-state index contributed by atoms with van der Waals surface area (Å²) < 4.78 is 6.17. The number of para-hydroxylation sites is 1. The molecule has 108 valence electrons. The molecular formula is C14H9IN6O. The first-order chi connectivity index (χ1) is 10.8. The van der Waals surface area contributed by atoms with E-state index in [2.05, 4.69) is 53.3 Å². The fourth-order valence-corrected chi connectivity index (χ4v) is 2.55. The molecule has 22 heavy (non-hydrogen) atoms. The van der Waals surface area contributed by atoms with E-state index in [1.807, 2.05) is 36.4 Å². The molecule has 0 spiro atoms. The van der Waals surface area contributed by atoms with E-state index in [9.17, 15) is 0 Å². The molecule has 0 aliphatic heterocycles. The minimum Gasteiger partial charge on any atom is -0.449 e. The van der Waals surface area contributed by atoms with E-state index < -0.39 is 0 Å². The number of nitrogens with one attached hydrogen (secondary N) is 2. The summed E-state index contributed by atoms with van der Waals surface area (Å²) in [6.45, 7) is 0. The lowest BCUT2D eigenvalue weighted by Gasteiger charge is -1.96. The number of aromatic amines is 1. The van der Waals surface area contributed by atoms with E-state index >= 15 is 0 Å². The third-order valence-corrected chi connectivity index (χ3v) is 3.65. The third kappa shape index (κ3) is 2.41. The second-order valence-electron chi connectivity index (χ2n) is 4.52. The summed E-state index contributed by atoms with van der Waals surface area (Å²) in [7, 11) is 0. The standard InChI is InChI=1S/C14H9IN6O/c15-11-6-5-8(22-11)7-16-20-14-18-13-12(19-21-14)9-3-1-2-4-10(9)17-13/h1-7H,(H2,17,18,20,21)/b16-7+. The van der Waals surface area contributed by atoms with Crippen LogP contribution in [0.1, 0.15) is 5.76 Å². The van der Waals surface area contributed by atoms with E-state index in [1.54, 1.807) is 6.21 Å². The van der Waals surface area contributed by atoms with Crippen molar-refractivity contribution in [3.05, 3.63) is 45.9 Å². The highest BCUT2D eigenvalue weighted by molar-refractivity contribution is 14.1. The molecule has 0 aliphatic carbocycles. The molecule has 0 radical (unpaired) electrons. The maximum atomic E-state index is 5.37. The summed E-state index contributed by atoms with van der Waals surface area (Å²) in [6, 6.07) is 11.6. The number of anilines is 1. The van der Waals surface area contributed by atoms with E-state index in [0.717, 1.165) is 20.2 Å². The Morgan fingerprint density at radius 3 is 2.95 bits per heavy atom. The quantitative estimate of drug-likeness (QED) is 0.311. The number of hydrogen-bond donors (Lipinski definition) is 2. The Labute approximate surface area is 138 Å². The minimum absolute atomic E-state index is 0.316. The number of hydrazone groups is 1. The number of nitrogens with zero attached hydrogens (tertiary/aromatic N) is 4. The molecule has 0 saturated heterocycles. The van der Waals surface area contributed by atoms with E-state index in [0.29, 0.717) is 17.4 Å². The normalized spacial score (nSPS) is 11.7. The van der Waals surface area contributed by atoms with Gasteiger partial charge in [-0.15, -0.1) is 10.2 Å². The molecule has 3 heterocycles. The van der Waals surface area contributed by atoms with Crippen LogP contribution in [0.3, 0.4) is 0 Å². The smallest absolute Gasteiger partial charge is 0.265 e. The van der Waals surface area contributed by atoms with E-state index in [1.165, 1.54) is 0 Å². The van der Waals surface area contributed by atoms with Gasteiger partial charge in [0.2, 0.25) is 0 Å². The number of furan rings is 1. The van der Waals surface area contributed by atoms with Crippen LogP contribution >= 0.6 is 22.6 Å². The van der Waals surface area contributed by atoms with Crippen LogP contribution in [0.25, 0.3) is 22.1 Å². The second-order valence-corrected chi connectivity index (χ2v) is 5.58. The average Bonchev–Trinajstić information content (AvgIpc) is 3.10. The molecule has 0 saturated carbocycles. The first kappa shape index (κ1) is 13.2. The molecule has 4 rings (SSSR count). The van der Waals surface area contributed by atoms with Gasteiger partial charge in [-0.1, -0.05) is 18.2 Å². The van der Waals surface area contributed by atoms with Gasteiger partial charge in [-0.05, 0) is 40.8 Å². The van der Waals surface area contributed by atoms with Crippen molar-refractivity contribution in [2.24, 2.45) is 5.10 Å². The Morgan fingerprint density at radius 1 is 1.18 bits per heavy atom. The Hall–Kier alpha value is -2.49. The number of rotatable bonds is 3. The second kappa shape index (κ2) is 5.37. The van der Waals surface area contributed by atoms with Gasteiger partial charge >= 0.3 is 0 Å². The van der Waals surface area contributed by atoms with Gasteiger partial charge < -0.3 is 9.40 Å². The van der Waals surface area contributed by atoms with Gasteiger partial charge in [-0.2, -0.15) is 10.1 Å². The van der Waals surface area contributed by atoms with Gasteiger partial charge in [0.1, 0.15) is 11.3 Å². The van der Waals surface area contributed by atoms with Crippen molar-refractivity contribution >= 4 is 56.8 Å². The van der Waals surface area contributed by atoms with Crippen molar-refractivity contribution in [2.45, 2.75) is 0 Å². The lowest BCUT2D eigenvalue weighted by Crippen LogP contribution is -1.98. The molecule has 8 heteroatoms. The van der Waals surface area contributed by atoms with Crippen LogP contribution in [0, 0.1) is 3.77 Å². The summed E-state index contributed by atoms with van der Waals surface area (Å²) in [5.74, 6) is 0.966. The summed E-state index contributed by atoms with van der Waals surface area (Å²) >= 11 is 2.09. The Balaban J connectivity index is 1.62. The Morgan fingerprint density at radius 2 is 2.09 bits per heavy atom. The van der Waals surface area contributed by atoms with Gasteiger partial charge in [0.25, 0.3) is 5.95 Å². The van der Waals surface area contributed by atoms with Crippen molar-refractivity contribution < 1.29 is 4.42 Å². The Kier molecular flexibility index (Phi) is 3.22. The van der Waals surface area contributed by atoms with E-state index in [4.69, 9.17) is 4.42 Å². The molecule has 0 atom stereocenters. The third-order valence-electron chi connectivity index (χ3n) is 3.07. The van der Waals surface area contributed by atoms with Crippen LogP contribution in [0.15, 0.2) is 45.9 Å². The van der Waals surface area contributed by atoms with Gasteiger partial charge in [0, 0.05) is 10.9 Å². The highest BCUT2D eigenvalue weighted by Crippen LogP contribution is 2.21. The van der Waals surface area contributed by atoms with E-state index in [-0.39, 0.29) is 0 Å². The molecule has 1 aromatic carbocycles. The summed E-state index contributed by atoms with van der Waals surface area (Å²) in [5.41, 5.74) is 5.13. The topological polar surface area (TPSA) is 92.0 Å². The fourth-order valence-electron chi connectivity index (χ4n) is 2.12.